The number of benzene rings is 1. The van der Waals surface area contributed by atoms with Gasteiger partial charge in [0.15, 0.2) is 0 Å². The topological polar surface area (TPSA) is 66.4 Å². The van der Waals surface area contributed by atoms with E-state index in [-0.39, 0.29) is 17.0 Å². The summed E-state index contributed by atoms with van der Waals surface area (Å²) in [6, 6.07) is 6.02. The number of carboxylic acid groups (broad SMARTS) is 1. The summed E-state index contributed by atoms with van der Waals surface area (Å²) in [5, 5.41) is 11.8. The number of nitrogens with one attached hydrogen (secondary N) is 1. The molecule has 2 N–H and O–H groups in total. The third-order valence-electron chi connectivity index (χ3n) is 3.76. The maximum absolute atomic E-state index is 12.0. The molecule has 1 amide bonds. The highest BCUT2D eigenvalue weighted by Crippen LogP contribution is 2.34. The Balaban J connectivity index is 2.07. The third-order valence-corrected chi connectivity index (χ3v) is 3.76. The Hall–Kier alpha value is -1.84. The third kappa shape index (κ3) is 2.37. The Morgan fingerprint density at radius 3 is 2.17 bits per heavy atom. The van der Waals surface area contributed by atoms with Crippen molar-refractivity contribution in [2.45, 2.75) is 38.1 Å². The number of carbonyl (C=O) groups excluding carboxylic acids is 1. The Morgan fingerprint density at radius 1 is 1.22 bits per heavy atom. The zero-order valence-electron chi connectivity index (χ0n) is 10.4. The fourth-order valence-electron chi connectivity index (χ4n) is 2.25. The number of hydrogen-bond donors (Lipinski definition) is 2. The minimum Gasteiger partial charge on any atom is -0.478 e. The second-order valence-electron chi connectivity index (χ2n) is 4.82. The standard InChI is InChI=1S/C14H17NO3/c1-2-14(8-3-9-14)15-12(16)10-4-6-11(7-5-10)13(17)18/h4-7H,2-3,8-9H2,1H3,(H,15,16)(H,17,18). The highest BCUT2D eigenvalue weighted by molar-refractivity contribution is 5.96. The van der Waals surface area contributed by atoms with Gasteiger partial charge in [-0.1, -0.05) is 6.92 Å². The molecule has 0 radical (unpaired) electrons. The fourth-order valence-corrected chi connectivity index (χ4v) is 2.25. The summed E-state index contributed by atoms with van der Waals surface area (Å²) in [5.41, 5.74) is 0.669. The van der Waals surface area contributed by atoms with E-state index in [0.717, 1.165) is 25.7 Å². The molecular formula is C14H17NO3. The number of carboxylic acids is 1. The van der Waals surface area contributed by atoms with Crippen LogP contribution >= 0.6 is 0 Å². The van der Waals surface area contributed by atoms with Gasteiger partial charge in [-0.25, -0.2) is 4.79 Å². The second-order valence-corrected chi connectivity index (χ2v) is 4.82. The van der Waals surface area contributed by atoms with Crippen LogP contribution in [-0.2, 0) is 0 Å². The molecule has 1 fully saturated rings. The van der Waals surface area contributed by atoms with Crippen LogP contribution in [0.5, 0.6) is 0 Å². The highest BCUT2D eigenvalue weighted by Gasteiger charge is 2.36. The molecule has 0 heterocycles. The average molecular weight is 247 g/mol. The molecular weight excluding hydrogens is 230 g/mol. The maximum Gasteiger partial charge on any atom is 0.335 e. The lowest BCUT2D eigenvalue weighted by atomic mass is 9.74. The lowest BCUT2D eigenvalue weighted by Gasteiger charge is -2.42. The summed E-state index contributed by atoms with van der Waals surface area (Å²) in [5.74, 6) is -1.10. The molecule has 0 bridgehead atoms. The van der Waals surface area contributed by atoms with E-state index in [1.54, 1.807) is 12.1 Å². The molecule has 0 saturated heterocycles. The monoisotopic (exact) mass is 247 g/mol. The zero-order chi connectivity index (χ0) is 13.2. The number of carbonyl (C=O) groups is 2. The first-order chi connectivity index (χ1) is 8.56. The van der Waals surface area contributed by atoms with Crippen molar-refractivity contribution in [1.29, 1.82) is 0 Å². The van der Waals surface area contributed by atoms with E-state index < -0.39 is 5.97 Å². The van der Waals surface area contributed by atoms with Crippen LogP contribution in [0.2, 0.25) is 0 Å². The Bertz CT molecular complexity index is 455. The molecule has 18 heavy (non-hydrogen) atoms. The van der Waals surface area contributed by atoms with Gasteiger partial charge in [-0.05, 0) is 49.9 Å². The van der Waals surface area contributed by atoms with Crippen molar-refractivity contribution in [3.63, 3.8) is 0 Å². The first-order valence-electron chi connectivity index (χ1n) is 6.22. The van der Waals surface area contributed by atoms with Crippen LogP contribution in [-0.4, -0.2) is 22.5 Å². The molecule has 0 aromatic heterocycles. The number of rotatable bonds is 4. The highest BCUT2D eigenvalue weighted by atomic mass is 16.4. The van der Waals surface area contributed by atoms with Crippen LogP contribution in [0.4, 0.5) is 0 Å². The van der Waals surface area contributed by atoms with Gasteiger partial charge >= 0.3 is 5.97 Å². The molecule has 4 nitrogen and oxygen atoms in total. The lowest BCUT2D eigenvalue weighted by molar-refractivity contribution is 0.0695. The van der Waals surface area contributed by atoms with Gasteiger partial charge in [0.05, 0.1) is 5.56 Å². The van der Waals surface area contributed by atoms with Gasteiger partial charge in [0, 0.05) is 11.1 Å². The molecule has 0 atom stereocenters. The largest absolute Gasteiger partial charge is 0.478 e. The van der Waals surface area contributed by atoms with E-state index in [1.807, 2.05) is 0 Å². The molecule has 4 heteroatoms. The van der Waals surface area contributed by atoms with Crippen LogP contribution in [0.25, 0.3) is 0 Å². The van der Waals surface area contributed by atoms with E-state index in [9.17, 15) is 9.59 Å². The molecule has 1 aliphatic rings. The smallest absolute Gasteiger partial charge is 0.335 e. The summed E-state index contributed by atoms with van der Waals surface area (Å²) < 4.78 is 0. The fraction of sp³-hybridized carbons (Fsp3) is 0.429. The molecule has 0 unspecified atom stereocenters. The Labute approximate surface area is 106 Å². The van der Waals surface area contributed by atoms with E-state index in [4.69, 9.17) is 5.11 Å². The number of hydrogen-bond acceptors (Lipinski definition) is 2. The van der Waals surface area contributed by atoms with Crippen LogP contribution in [0.3, 0.4) is 0 Å². The molecule has 2 rings (SSSR count). The van der Waals surface area contributed by atoms with Gasteiger partial charge in [-0.3, -0.25) is 4.79 Å². The molecule has 1 aliphatic carbocycles. The summed E-state index contributed by atoms with van der Waals surface area (Å²) in [6.07, 6.45) is 4.16. The minimum absolute atomic E-state index is 0.0391. The normalized spacial score (nSPS) is 16.7. The SMILES string of the molecule is CCC1(NC(=O)c2ccc(C(=O)O)cc2)CCC1. The predicted octanol–water partition coefficient (Wildman–Crippen LogP) is 2.45. The van der Waals surface area contributed by atoms with Crippen LogP contribution in [0.15, 0.2) is 24.3 Å². The van der Waals surface area contributed by atoms with Gasteiger partial charge < -0.3 is 10.4 Å². The average Bonchev–Trinajstić information content (AvgIpc) is 2.33. The first kappa shape index (κ1) is 12.6. The van der Waals surface area contributed by atoms with E-state index >= 15 is 0 Å². The van der Waals surface area contributed by atoms with Crippen molar-refractivity contribution in [3.8, 4) is 0 Å². The van der Waals surface area contributed by atoms with Gasteiger partial charge in [0.1, 0.15) is 0 Å². The van der Waals surface area contributed by atoms with Crippen LogP contribution < -0.4 is 5.32 Å². The lowest BCUT2D eigenvalue weighted by Crippen LogP contribution is -2.52. The minimum atomic E-state index is -0.981. The molecule has 96 valence electrons. The molecule has 1 aromatic rings. The summed E-state index contributed by atoms with van der Waals surface area (Å²) in [7, 11) is 0. The molecule has 1 aromatic carbocycles. The van der Waals surface area contributed by atoms with Gasteiger partial charge in [0.2, 0.25) is 0 Å². The predicted molar refractivity (Wildman–Crippen MR) is 67.7 cm³/mol. The molecule has 1 saturated carbocycles. The van der Waals surface area contributed by atoms with E-state index in [0.29, 0.717) is 5.56 Å². The Morgan fingerprint density at radius 2 is 1.78 bits per heavy atom. The zero-order valence-corrected chi connectivity index (χ0v) is 10.4. The van der Waals surface area contributed by atoms with Crippen molar-refractivity contribution in [2.24, 2.45) is 0 Å². The van der Waals surface area contributed by atoms with Crippen molar-refractivity contribution < 1.29 is 14.7 Å². The van der Waals surface area contributed by atoms with Gasteiger partial charge in [0.25, 0.3) is 5.91 Å². The van der Waals surface area contributed by atoms with Crippen molar-refractivity contribution in [3.05, 3.63) is 35.4 Å². The summed E-state index contributed by atoms with van der Waals surface area (Å²) in [4.78, 5) is 22.7. The summed E-state index contributed by atoms with van der Waals surface area (Å²) in [6.45, 7) is 2.08. The Kier molecular flexibility index (Phi) is 3.36. The quantitative estimate of drug-likeness (QED) is 0.858. The van der Waals surface area contributed by atoms with E-state index in [2.05, 4.69) is 12.2 Å². The maximum atomic E-state index is 12.0. The molecule has 0 aliphatic heterocycles. The van der Waals surface area contributed by atoms with Crippen molar-refractivity contribution >= 4 is 11.9 Å². The van der Waals surface area contributed by atoms with Gasteiger partial charge in [-0.2, -0.15) is 0 Å². The number of aromatic carboxylic acids is 1. The van der Waals surface area contributed by atoms with Crippen LogP contribution in [0, 0.1) is 0 Å². The number of amides is 1. The van der Waals surface area contributed by atoms with Crippen molar-refractivity contribution in [1.82, 2.24) is 5.32 Å². The second kappa shape index (κ2) is 4.80. The van der Waals surface area contributed by atoms with Gasteiger partial charge in [-0.15, -0.1) is 0 Å². The molecule has 0 spiro atoms. The van der Waals surface area contributed by atoms with Crippen molar-refractivity contribution in [2.75, 3.05) is 0 Å². The van der Waals surface area contributed by atoms with Crippen LogP contribution in [0.1, 0.15) is 53.3 Å². The summed E-state index contributed by atoms with van der Waals surface area (Å²) >= 11 is 0. The first-order valence-corrected chi connectivity index (χ1v) is 6.22. The van der Waals surface area contributed by atoms with E-state index in [1.165, 1.54) is 12.1 Å².